The Balaban J connectivity index is 2.15. The van der Waals surface area contributed by atoms with Gasteiger partial charge in [0.25, 0.3) is 5.91 Å². The Morgan fingerprint density at radius 1 is 1.16 bits per heavy atom. The van der Waals surface area contributed by atoms with E-state index in [0.29, 0.717) is 13.0 Å². The summed E-state index contributed by atoms with van der Waals surface area (Å²) in [6.07, 6.45) is 0.683. The third-order valence-corrected chi connectivity index (χ3v) is 4.01. The summed E-state index contributed by atoms with van der Waals surface area (Å²) < 4.78 is 5.15. The molecule has 2 aromatic rings. The number of benzene rings is 1. The molecule has 0 fully saturated rings. The first-order valence-corrected chi connectivity index (χ1v) is 8.10. The number of methoxy groups -OCH3 is 1. The number of hydrogen-bond acceptors (Lipinski definition) is 4. The summed E-state index contributed by atoms with van der Waals surface area (Å²) in [5, 5.41) is 9.04. The van der Waals surface area contributed by atoms with E-state index in [2.05, 4.69) is 4.98 Å². The van der Waals surface area contributed by atoms with Gasteiger partial charge in [-0.3, -0.25) is 4.79 Å². The number of amides is 1. The fourth-order valence-electron chi connectivity index (χ4n) is 2.69. The highest BCUT2D eigenvalue weighted by Crippen LogP contribution is 2.16. The fraction of sp³-hybridized carbons (Fsp3) is 0.316. The largest absolute Gasteiger partial charge is 0.497 e. The van der Waals surface area contributed by atoms with Crippen LogP contribution < -0.4 is 4.74 Å². The maximum atomic E-state index is 12.7. The Bertz CT molecular complexity index is 743. The summed E-state index contributed by atoms with van der Waals surface area (Å²) in [6, 6.07) is 12.1. The van der Waals surface area contributed by atoms with Crippen LogP contribution in [0.3, 0.4) is 0 Å². The number of ether oxygens (including phenoxy) is 1. The van der Waals surface area contributed by atoms with Gasteiger partial charge in [0.2, 0.25) is 0 Å². The van der Waals surface area contributed by atoms with Crippen molar-refractivity contribution >= 4 is 11.9 Å². The molecule has 1 N–H and O–H groups in total. The number of carbonyl (C=O) groups is 2. The zero-order chi connectivity index (χ0) is 18.4. The first-order chi connectivity index (χ1) is 12.0. The molecule has 0 aliphatic rings. The Hall–Kier alpha value is -2.89. The number of nitrogens with zero attached hydrogens (tertiary/aromatic N) is 2. The van der Waals surface area contributed by atoms with Crippen LogP contribution in [0.1, 0.15) is 40.4 Å². The second kappa shape index (κ2) is 8.28. The van der Waals surface area contributed by atoms with Gasteiger partial charge >= 0.3 is 5.97 Å². The van der Waals surface area contributed by atoms with Gasteiger partial charge in [0.1, 0.15) is 17.1 Å². The van der Waals surface area contributed by atoms with Crippen molar-refractivity contribution in [3.63, 3.8) is 0 Å². The highest BCUT2D eigenvalue weighted by Gasteiger charge is 2.22. The van der Waals surface area contributed by atoms with Gasteiger partial charge in [-0.1, -0.05) is 18.2 Å². The van der Waals surface area contributed by atoms with Gasteiger partial charge in [-0.15, -0.1) is 0 Å². The number of likely N-dealkylation sites (N-methyl/N-ethyl adjacent to an activating group) is 1. The van der Waals surface area contributed by atoms with Crippen LogP contribution in [-0.4, -0.2) is 46.6 Å². The lowest BCUT2D eigenvalue weighted by atomic mass is 10.1. The molecule has 1 unspecified atom stereocenters. The zero-order valence-corrected chi connectivity index (χ0v) is 14.6. The van der Waals surface area contributed by atoms with Gasteiger partial charge in [0.15, 0.2) is 0 Å². The maximum Gasteiger partial charge on any atom is 0.354 e. The molecular weight excluding hydrogens is 320 g/mol. The second-order valence-corrected chi connectivity index (χ2v) is 5.71. The van der Waals surface area contributed by atoms with E-state index in [4.69, 9.17) is 9.84 Å². The lowest BCUT2D eigenvalue weighted by molar-refractivity contribution is 0.0687. The molecule has 25 heavy (non-hydrogen) atoms. The maximum absolute atomic E-state index is 12.7. The molecule has 6 heteroatoms. The van der Waals surface area contributed by atoms with Crippen molar-refractivity contribution in [3.05, 3.63) is 59.4 Å². The number of rotatable bonds is 7. The number of aromatic carboxylic acids is 1. The number of carboxylic acids is 1. The van der Waals surface area contributed by atoms with Crippen LogP contribution in [-0.2, 0) is 6.42 Å². The molecule has 1 amide bonds. The molecule has 0 spiro atoms. The molecule has 0 bridgehead atoms. The first kappa shape index (κ1) is 18.4. The van der Waals surface area contributed by atoms with E-state index in [0.717, 1.165) is 11.3 Å². The summed E-state index contributed by atoms with van der Waals surface area (Å²) >= 11 is 0. The average molecular weight is 342 g/mol. The molecule has 1 aromatic heterocycles. The molecule has 2 rings (SSSR count). The molecular formula is C19H22N2O4. The van der Waals surface area contributed by atoms with Crippen molar-refractivity contribution in [1.82, 2.24) is 9.88 Å². The molecule has 1 heterocycles. The summed E-state index contributed by atoms with van der Waals surface area (Å²) in [5.41, 5.74) is 1.10. The Morgan fingerprint density at radius 3 is 2.36 bits per heavy atom. The van der Waals surface area contributed by atoms with Crippen LogP contribution in [0, 0.1) is 0 Å². The number of carbonyl (C=O) groups excluding carboxylic acids is 1. The lowest BCUT2D eigenvalue weighted by Gasteiger charge is -2.28. The number of carboxylic acid groups (broad SMARTS) is 1. The molecule has 1 aromatic carbocycles. The van der Waals surface area contributed by atoms with E-state index < -0.39 is 5.97 Å². The average Bonchev–Trinajstić information content (AvgIpc) is 2.63. The van der Waals surface area contributed by atoms with Crippen molar-refractivity contribution in [1.29, 1.82) is 0 Å². The smallest absolute Gasteiger partial charge is 0.354 e. The molecule has 0 aliphatic carbocycles. The van der Waals surface area contributed by atoms with Gasteiger partial charge in [0, 0.05) is 12.6 Å². The summed E-state index contributed by atoms with van der Waals surface area (Å²) in [5.74, 6) is -0.634. The van der Waals surface area contributed by atoms with Crippen molar-refractivity contribution in [2.75, 3.05) is 13.7 Å². The van der Waals surface area contributed by atoms with Crippen LogP contribution >= 0.6 is 0 Å². The fourth-order valence-corrected chi connectivity index (χ4v) is 2.69. The molecule has 0 saturated carbocycles. The zero-order valence-electron chi connectivity index (χ0n) is 14.6. The SMILES string of the molecule is CCN(C(=O)c1cccc(C(=O)O)n1)C(C)Cc1ccc(OC)cc1. The van der Waals surface area contributed by atoms with Crippen molar-refractivity contribution in [2.24, 2.45) is 0 Å². The van der Waals surface area contributed by atoms with E-state index >= 15 is 0 Å². The van der Waals surface area contributed by atoms with Crippen LogP contribution in [0.15, 0.2) is 42.5 Å². The highest BCUT2D eigenvalue weighted by atomic mass is 16.5. The minimum atomic E-state index is -1.15. The monoisotopic (exact) mass is 342 g/mol. The summed E-state index contributed by atoms with van der Waals surface area (Å²) in [7, 11) is 1.62. The number of hydrogen-bond donors (Lipinski definition) is 1. The van der Waals surface area contributed by atoms with Crippen molar-refractivity contribution in [3.8, 4) is 5.75 Å². The van der Waals surface area contributed by atoms with Gasteiger partial charge in [-0.2, -0.15) is 0 Å². The summed E-state index contributed by atoms with van der Waals surface area (Å²) in [6.45, 7) is 4.37. The topological polar surface area (TPSA) is 79.7 Å². The quantitative estimate of drug-likeness (QED) is 0.837. The van der Waals surface area contributed by atoms with E-state index in [1.54, 1.807) is 12.0 Å². The van der Waals surface area contributed by atoms with Crippen LogP contribution in [0.25, 0.3) is 0 Å². The normalized spacial score (nSPS) is 11.6. The van der Waals surface area contributed by atoms with Crippen LogP contribution in [0.2, 0.25) is 0 Å². The van der Waals surface area contributed by atoms with E-state index in [9.17, 15) is 9.59 Å². The molecule has 0 aliphatic heterocycles. The van der Waals surface area contributed by atoms with E-state index in [-0.39, 0.29) is 23.3 Å². The third kappa shape index (κ3) is 4.56. The van der Waals surface area contributed by atoms with Crippen molar-refractivity contribution < 1.29 is 19.4 Å². The highest BCUT2D eigenvalue weighted by molar-refractivity contribution is 5.94. The predicted molar refractivity (Wildman–Crippen MR) is 94.1 cm³/mol. The molecule has 1 atom stereocenters. The van der Waals surface area contributed by atoms with Crippen LogP contribution in [0.5, 0.6) is 5.75 Å². The Kier molecular flexibility index (Phi) is 6.11. The molecule has 0 saturated heterocycles. The minimum Gasteiger partial charge on any atom is -0.497 e. The standard InChI is InChI=1S/C19H22N2O4/c1-4-21(13(2)12-14-8-10-15(25-3)11-9-14)18(22)16-6-5-7-17(20-16)19(23)24/h5-11,13H,4,12H2,1-3H3,(H,23,24). The lowest BCUT2D eigenvalue weighted by Crippen LogP contribution is -2.40. The summed E-state index contributed by atoms with van der Waals surface area (Å²) in [4.78, 5) is 29.4. The van der Waals surface area contributed by atoms with E-state index in [1.165, 1.54) is 18.2 Å². The first-order valence-electron chi connectivity index (χ1n) is 8.10. The predicted octanol–water partition coefficient (Wildman–Crippen LogP) is 2.88. The van der Waals surface area contributed by atoms with Gasteiger partial charge in [-0.25, -0.2) is 9.78 Å². The van der Waals surface area contributed by atoms with Crippen LogP contribution in [0.4, 0.5) is 0 Å². The third-order valence-electron chi connectivity index (χ3n) is 4.01. The van der Waals surface area contributed by atoms with Gasteiger partial charge < -0.3 is 14.7 Å². The Labute approximate surface area is 147 Å². The second-order valence-electron chi connectivity index (χ2n) is 5.71. The van der Waals surface area contributed by atoms with Gasteiger partial charge in [-0.05, 0) is 50.1 Å². The molecule has 0 radical (unpaired) electrons. The molecule has 6 nitrogen and oxygen atoms in total. The van der Waals surface area contributed by atoms with Crippen molar-refractivity contribution in [2.45, 2.75) is 26.3 Å². The number of aromatic nitrogens is 1. The Morgan fingerprint density at radius 2 is 1.80 bits per heavy atom. The van der Waals surface area contributed by atoms with E-state index in [1.807, 2.05) is 38.1 Å². The minimum absolute atomic E-state index is 0.0545. The van der Waals surface area contributed by atoms with Gasteiger partial charge in [0.05, 0.1) is 7.11 Å². The number of pyridine rings is 1. The molecule has 132 valence electrons.